The van der Waals surface area contributed by atoms with Crippen LogP contribution in [0.4, 0.5) is 19.0 Å². The van der Waals surface area contributed by atoms with Crippen LogP contribution in [0.1, 0.15) is 15.9 Å². The molecule has 0 fully saturated rings. The summed E-state index contributed by atoms with van der Waals surface area (Å²) in [4.78, 5) is 36.3. The summed E-state index contributed by atoms with van der Waals surface area (Å²) >= 11 is 1.10. The van der Waals surface area contributed by atoms with E-state index in [0.29, 0.717) is 21.8 Å². The first-order valence-corrected chi connectivity index (χ1v) is 10.5. The fourth-order valence-corrected chi connectivity index (χ4v) is 4.12. The number of thiophene rings is 1. The minimum absolute atomic E-state index is 0.0466. The van der Waals surface area contributed by atoms with Crippen molar-refractivity contribution in [3.05, 3.63) is 71.5 Å². The number of carboxylic acid groups (broad SMARTS) is 1. The molecule has 0 spiro atoms. The van der Waals surface area contributed by atoms with Gasteiger partial charge in [-0.2, -0.15) is 0 Å². The van der Waals surface area contributed by atoms with E-state index in [9.17, 15) is 23.9 Å². The van der Waals surface area contributed by atoms with Crippen molar-refractivity contribution in [3.63, 3.8) is 0 Å². The van der Waals surface area contributed by atoms with Crippen molar-refractivity contribution in [2.45, 2.75) is 6.54 Å². The lowest BCUT2D eigenvalue weighted by Crippen LogP contribution is -2.32. The van der Waals surface area contributed by atoms with E-state index in [1.165, 1.54) is 30.3 Å². The van der Waals surface area contributed by atoms with E-state index in [0.717, 1.165) is 16.2 Å². The Morgan fingerprint density at radius 1 is 1.09 bits per heavy atom. The summed E-state index contributed by atoms with van der Waals surface area (Å²) in [6.45, 7) is 0.188. The quantitative estimate of drug-likeness (QED) is 0.375. The van der Waals surface area contributed by atoms with Crippen LogP contribution in [0.25, 0.3) is 10.4 Å². The van der Waals surface area contributed by atoms with E-state index in [-0.39, 0.29) is 30.3 Å². The average Bonchev–Trinajstić information content (AvgIpc) is 3.18. The predicted molar refractivity (Wildman–Crippen MR) is 122 cm³/mol. The molecule has 0 bridgehead atoms. The maximum absolute atomic E-state index is 13.1. The number of rotatable bonds is 9. The number of nitrogens with zero attached hydrogens (tertiary/aromatic N) is 1. The van der Waals surface area contributed by atoms with Crippen molar-refractivity contribution in [1.29, 1.82) is 0 Å². The van der Waals surface area contributed by atoms with Crippen molar-refractivity contribution in [1.82, 2.24) is 4.90 Å². The summed E-state index contributed by atoms with van der Waals surface area (Å²) in [5.74, 6) is -0.673. The van der Waals surface area contributed by atoms with Gasteiger partial charge in [-0.05, 0) is 35.9 Å². The van der Waals surface area contributed by atoms with E-state index in [2.05, 4.69) is 5.32 Å². The van der Waals surface area contributed by atoms with Crippen LogP contribution in [-0.2, 0) is 6.54 Å². The lowest BCUT2D eigenvalue weighted by molar-refractivity contribution is 0.100. The fourth-order valence-electron chi connectivity index (χ4n) is 3.03. The number of benzene rings is 2. The van der Waals surface area contributed by atoms with E-state index >= 15 is 0 Å². The fraction of sp³-hybridized carbons (Fsp3) is 0.136. The molecule has 0 unspecified atom stereocenters. The molecule has 2 aromatic carbocycles. The zero-order valence-electron chi connectivity index (χ0n) is 17.3. The monoisotopic (exact) mass is 472 g/mol. The number of hydrogen-bond donors (Lipinski definition) is 4. The van der Waals surface area contributed by atoms with Gasteiger partial charge in [-0.3, -0.25) is 10.1 Å². The number of primary amides is 2. The lowest BCUT2D eigenvalue weighted by Gasteiger charge is -2.20. The maximum Gasteiger partial charge on any atom is 0.407 e. The summed E-state index contributed by atoms with van der Waals surface area (Å²) in [6.07, 6.45) is -1.14. The molecule has 33 heavy (non-hydrogen) atoms. The number of halogens is 1. The van der Waals surface area contributed by atoms with Crippen LogP contribution in [0.2, 0.25) is 0 Å². The Hall–Kier alpha value is -4.12. The molecule has 0 aliphatic rings. The van der Waals surface area contributed by atoms with Gasteiger partial charge in [0.2, 0.25) is 0 Å². The molecule has 0 radical (unpaired) electrons. The van der Waals surface area contributed by atoms with Crippen molar-refractivity contribution >= 4 is 34.4 Å². The SMILES string of the molecule is NC(=O)Nc1sc(-c2ccccc2OCCN(Cc2ccc(F)cc2)C(=O)O)cc1C(N)=O. The second kappa shape index (κ2) is 10.5. The van der Waals surface area contributed by atoms with Crippen LogP contribution in [0.5, 0.6) is 5.75 Å². The van der Waals surface area contributed by atoms with Crippen molar-refractivity contribution in [2.24, 2.45) is 11.5 Å². The zero-order chi connectivity index (χ0) is 24.0. The first-order chi connectivity index (χ1) is 15.7. The number of carbonyl (C=O) groups is 3. The first kappa shape index (κ1) is 23.5. The second-order valence-electron chi connectivity index (χ2n) is 6.88. The van der Waals surface area contributed by atoms with Gasteiger partial charge in [-0.25, -0.2) is 14.0 Å². The number of amides is 4. The van der Waals surface area contributed by atoms with Crippen molar-refractivity contribution < 1.29 is 28.6 Å². The number of anilines is 1. The highest BCUT2D eigenvalue weighted by Crippen LogP contribution is 2.39. The Morgan fingerprint density at radius 2 is 1.79 bits per heavy atom. The van der Waals surface area contributed by atoms with Gasteiger partial charge in [0.15, 0.2) is 0 Å². The molecule has 0 aliphatic carbocycles. The molecule has 0 saturated carbocycles. The Balaban J connectivity index is 1.74. The van der Waals surface area contributed by atoms with Crippen LogP contribution in [0, 0.1) is 5.82 Å². The standard InChI is InChI=1S/C22H21FN4O5S/c23-14-7-5-13(6-8-14)12-27(22(30)31)9-10-32-17-4-2-1-3-15(17)18-11-16(19(24)28)20(33-18)26-21(25)29/h1-8,11H,9-10,12H2,(H2,24,28)(H,30,31)(H3,25,26,29). The minimum Gasteiger partial charge on any atom is -0.491 e. The Kier molecular flexibility index (Phi) is 7.46. The van der Waals surface area contributed by atoms with Crippen molar-refractivity contribution in [2.75, 3.05) is 18.5 Å². The smallest absolute Gasteiger partial charge is 0.407 e. The number of nitrogens with one attached hydrogen (secondary N) is 1. The van der Waals surface area contributed by atoms with Crippen LogP contribution in [0.15, 0.2) is 54.6 Å². The molecular weight excluding hydrogens is 451 g/mol. The highest BCUT2D eigenvalue weighted by molar-refractivity contribution is 7.20. The molecule has 6 N–H and O–H groups in total. The van der Waals surface area contributed by atoms with Crippen LogP contribution in [0.3, 0.4) is 0 Å². The number of urea groups is 1. The van der Waals surface area contributed by atoms with Crippen LogP contribution in [-0.4, -0.2) is 41.2 Å². The van der Waals surface area contributed by atoms with Gasteiger partial charge in [0.05, 0.1) is 12.1 Å². The van der Waals surface area contributed by atoms with E-state index < -0.39 is 23.8 Å². The molecule has 0 atom stereocenters. The predicted octanol–water partition coefficient (Wildman–Crippen LogP) is 3.70. The molecule has 3 aromatic rings. The average molecular weight is 472 g/mol. The number of ether oxygens (including phenoxy) is 1. The van der Waals surface area contributed by atoms with Gasteiger partial charge in [0, 0.05) is 17.0 Å². The third-order valence-electron chi connectivity index (χ3n) is 4.56. The van der Waals surface area contributed by atoms with Crippen LogP contribution >= 0.6 is 11.3 Å². The summed E-state index contributed by atoms with van der Waals surface area (Å²) in [6, 6.07) is 13.2. The van der Waals surface area contributed by atoms with E-state index in [4.69, 9.17) is 16.2 Å². The third kappa shape index (κ3) is 6.20. The first-order valence-electron chi connectivity index (χ1n) is 9.69. The molecule has 3 rings (SSSR count). The summed E-state index contributed by atoms with van der Waals surface area (Å²) in [5.41, 5.74) is 11.9. The minimum atomic E-state index is -1.14. The van der Waals surface area contributed by atoms with Gasteiger partial charge in [-0.15, -0.1) is 11.3 Å². The van der Waals surface area contributed by atoms with Gasteiger partial charge < -0.3 is 26.2 Å². The van der Waals surface area contributed by atoms with E-state index in [1.807, 2.05) is 0 Å². The zero-order valence-corrected chi connectivity index (χ0v) is 18.1. The molecule has 9 nitrogen and oxygen atoms in total. The number of carbonyl (C=O) groups excluding carboxylic acids is 2. The highest BCUT2D eigenvalue weighted by atomic mass is 32.1. The molecule has 1 aromatic heterocycles. The molecule has 172 valence electrons. The molecule has 0 aliphatic heterocycles. The number of hydrogen-bond acceptors (Lipinski definition) is 5. The summed E-state index contributed by atoms with van der Waals surface area (Å²) in [7, 11) is 0. The topological polar surface area (TPSA) is 148 Å². The molecule has 11 heteroatoms. The van der Waals surface area contributed by atoms with Gasteiger partial charge >= 0.3 is 12.1 Å². The highest BCUT2D eigenvalue weighted by Gasteiger charge is 2.19. The van der Waals surface area contributed by atoms with Gasteiger partial charge in [-0.1, -0.05) is 24.3 Å². The molecule has 1 heterocycles. The molecular formula is C22H21FN4O5S. The van der Waals surface area contributed by atoms with Crippen molar-refractivity contribution in [3.8, 4) is 16.2 Å². The summed E-state index contributed by atoms with van der Waals surface area (Å²) < 4.78 is 18.9. The largest absolute Gasteiger partial charge is 0.491 e. The number of nitrogens with two attached hydrogens (primary N) is 2. The number of para-hydroxylation sites is 1. The normalized spacial score (nSPS) is 10.5. The third-order valence-corrected chi connectivity index (χ3v) is 5.65. The molecule has 0 saturated heterocycles. The second-order valence-corrected chi connectivity index (χ2v) is 7.93. The Labute approximate surface area is 192 Å². The molecule has 4 amide bonds. The van der Waals surface area contributed by atoms with Gasteiger partial charge in [0.25, 0.3) is 5.91 Å². The van der Waals surface area contributed by atoms with Crippen LogP contribution < -0.4 is 21.5 Å². The maximum atomic E-state index is 13.1. The van der Waals surface area contributed by atoms with Gasteiger partial charge in [0.1, 0.15) is 23.2 Å². The lowest BCUT2D eigenvalue weighted by atomic mass is 10.1. The van der Waals surface area contributed by atoms with E-state index in [1.54, 1.807) is 24.3 Å². The Bertz CT molecular complexity index is 1170. The summed E-state index contributed by atoms with van der Waals surface area (Å²) in [5, 5.41) is 12.1. The Morgan fingerprint density at radius 3 is 2.42 bits per heavy atom.